The Labute approximate surface area is 331 Å². The minimum atomic E-state index is 0.190. The molecule has 0 N–H and O–H groups in total. The van der Waals surface area contributed by atoms with E-state index in [1.165, 1.54) is 47.9 Å². The molecule has 57 heavy (non-hydrogen) atoms. The highest BCUT2D eigenvalue weighted by molar-refractivity contribution is 7.20. The van der Waals surface area contributed by atoms with Gasteiger partial charge in [-0.15, -0.1) is 11.3 Å². The van der Waals surface area contributed by atoms with Crippen molar-refractivity contribution in [3.8, 4) is 45.3 Å². The van der Waals surface area contributed by atoms with E-state index in [4.69, 9.17) is 19.4 Å². The largest absolute Gasteiger partial charge is 0.455 e. The highest BCUT2D eigenvalue weighted by Gasteiger charge is 2.28. The molecule has 4 heterocycles. The Morgan fingerprint density at radius 1 is 0.509 bits per heavy atom. The SMILES string of the molecule is C1=Cc2c(sc3c(-c4cccc5oc6c(-c7nc(-c8ccccc8)nc(-c8ccccc8)n7)cccc6c45)cccc23)C(n2c3ccccc3c3ccccc32)C1. The van der Waals surface area contributed by atoms with Crippen molar-refractivity contribution in [2.45, 2.75) is 12.5 Å². The quantitative estimate of drug-likeness (QED) is 0.176. The van der Waals surface area contributed by atoms with Gasteiger partial charge in [-0.25, -0.2) is 15.0 Å². The van der Waals surface area contributed by atoms with Crippen LogP contribution in [0.3, 0.4) is 0 Å². The molecular formula is C51H32N4OS. The van der Waals surface area contributed by atoms with Gasteiger partial charge in [-0.1, -0.05) is 152 Å². The average Bonchev–Trinajstić information content (AvgIpc) is 3.97. The molecular weight excluding hydrogens is 717 g/mol. The fourth-order valence-electron chi connectivity index (χ4n) is 8.90. The number of hydrogen-bond donors (Lipinski definition) is 0. The molecule has 0 amide bonds. The maximum Gasteiger partial charge on any atom is 0.167 e. The van der Waals surface area contributed by atoms with Crippen LogP contribution >= 0.6 is 11.3 Å². The molecule has 12 rings (SSSR count). The summed E-state index contributed by atoms with van der Waals surface area (Å²) in [6.45, 7) is 0. The van der Waals surface area contributed by atoms with E-state index in [9.17, 15) is 0 Å². The van der Waals surface area contributed by atoms with Crippen LogP contribution in [0.4, 0.5) is 0 Å². The van der Waals surface area contributed by atoms with Gasteiger partial charge in [-0.3, -0.25) is 0 Å². The lowest BCUT2D eigenvalue weighted by Crippen LogP contribution is -2.11. The van der Waals surface area contributed by atoms with Crippen molar-refractivity contribution in [3.63, 3.8) is 0 Å². The van der Waals surface area contributed by atoms with E-state index in [0.29, 0.717) is 17.5 Å². The average molecular weight is 749 g/mol. The number of para-hydroxylation sites is 3. The van der Waals surface area contributed by atoms with Gasteiger partial charge in [-0.2, -0.15) is 0 Å². The van der Waals surface area contributed by atoms with Crippen LogP contribution in [0.1, 0.15) is 22.9 Å². The molecule has 0 bridgehead atoms. The molecule has 0 saturated carbocycles. The van der Waals surface area contributed by atoms with Crippen LogP contribution in [-0.2, 0) is 0 Å². The highest BCUT2D eigenvalue weighted by Crippen LogP contribution is 2.49. The minimum Gasteiger partial charge on any atom is -0.455 e. The van der Waals surface area contributed by atoms with Crippen LogP contribution in [0.15, 0.2) is 174 Å². The van der Waals surface area contributed by atoms with E-state index in [-0.39, 0.29) is 6.04 Å². The van der Waals surface area contributed by atoms with Gasteiger partial charge in [0.2, 0.25) is 0 Å². The van der Waals surface area contributed by atoms with E-state index in [1.807, 2.05) is 72.0 Å². The zero-order chi connectivity index (χ0) is 37.5. The van der Waals surface area contributed by atoms with Crippen LogP contribution in [0.2, 0.25) is 0 Å². The van der Waals surface area contributed by atoms with Gasteiger partial charge in [0.15, 0.2) is 17.5 Å². The van der Waals surface area contributed by atoms with Crippen molar-refractivity contribution in [2.24, 2.45) is 0 Å². The Kier molecular flexibility index (Phi) is 7.16. The van der Waals surface area contributed by atoms with Crippen molar-refractivity contribution in [1.29, 1.82) is 0 Å². The molecule has 0 aliphatic heterocycles. The Morgan fingerprint density at radius 3 is 1.77 bits per heavy atom. The summed E-state index contributed by atoms with van der Waals surface area (Å²) in [6.07, 6.45) is 5.64. The molecule has 1 aliphatic rings. The highest BCUT2D eigenvalue weighted by atomic mass is 32.1. The van der Waals surface area contributed by atoms with E-state index >= 15 is 0 Å². The summed E-state index contributed by atoms with van der Waals surface area (Å²) in [6, 6.07) is 57.5. The third-order valence-electron chi connectivity index (χ3n) is 11.4. The second kappa shape index (κ2) is 12.7. The molecule has 4 aromatic heterocycles. The standard InChI is InChI=1S/C51H32N4OS/c1-3-15-31(16-4-1)49-52-50(32-17-5-2-6-18-32)54-51(53-49)40-26-12-25-39-45-35(21-14-30-44(45)56-46(39)40)36-22-11-23-37-38-24-13-29-43(48(38)57-47(36)37)55-41-27-9-7-19-33(41)34-20-8-10-28-42(34)55/h1-28,30,43H,29H2. The summed E-state index contributed by atoms with van der Waals surface area (Å²) in [7, 11) is 0. The van der Waals surface area contributed by atoms with Crippen molar-refractivity contribution >= 4 is 71.2 Å². The molecule has 268 valence electrons. The minimum absolute atomic E-state index is 0.190. The summed E-state index contributed by atoms with van der Waals surface area (Å²) in [4.78, 5) is 16.4. The molecule has 0 saturated heterocycles. The first-order chi connectivity index (χ1) is 28.3. The van der Waals surface area contributed by atoms with Gasteiger partial charge in [0.1, 0.15) is 11.2 Å². The molecule has 11 aromatic rings. The third-order valence-corrected chi connectivity index (χ3v) is 12.8. The fraction of sp³-hybridized carbons (Fsp3) is 0.0392. The number of aromatic nitrogens is 4. The zero-order valence-corrected chi connectivity index (χ0v) is 31.4. The monoisotopic (exact) mass is 748 g/mol. The summed E-state index contributed by atoms with van der Waals surface area (Å²) >= 11 is 1.93. The Bertz CT molecular complexity index is 3280. The number of allylic oxidation sites excluding steroid dienone is 1. The number of rotatable bonds is 5. The smallest absolute Gasteiger partial charge is 0.167 e. The predicted octanol–water partition coefficient (Wildman–Crippen LogP) is 13.8. The summed E-state index contributed by atoms with van der Waals surface area (Å²) in [5, 5.41) is 6.00. The number of hydrogen-bond acceptors (Lipinski definition) is 5. The van der Waals surface area contributed by atoms with Gasteiger partial charge >= 0.3 is 0 Å². The number of nitrogens with zero attached hydrogens (tertiary/aromatic N) is 4. The van der Waals surface area contributed by atoms with Crippen LogP contribution < -0.4 is 0 Å². The second-order valence-electron chi connectivity index (χ2n) is 14.6. The Hall–Kier alpha value is -7.15. The number of fused-ring (bicyclic) bond motifs is 9. The molecule has 0 fully saturated rings. The number of furan rings is 1. The lowest BCUT2D eigenvalue weighted by atomic mass is 9.94. The van der Waals surface area contributed by atoms with E-state index in [2.05, 4.69) is 120 Å². The van der Waals surface area contributed by atoms with Crippen LogP contribution in [0.5, 0.6) is 0 Å². The normalized spacial score (nSPS) is 14.0. The summed E-state index contributed by atoms with van der Waals surface area (Å²) in [5.74, 6) is 1.81. The molecule has 7 aromatic carbocycles. The number of benzene rings is 7. The maximum absolute atomic E-state index is 6.82. The summed E-state index contributed by atoms with van der Waals surface area (Å²) < 4.78 is 10.7. The molecule has 1 atom stereocenters. The molecule has 1 aliphatic carbocycles. The van der Waals surface area contributed by atoms with Gasteiger partial charge in [0.25, 0.3) is 0 Å². The van der Waals surface area contributed by atoms with Crippen LogP contribution in [0, 0.1) is 0 Å². The number of thiophene rings is 1. The first-order valence-corrected chi connectivity index (χ1v) is 20.1. The van der Waals surface area contributed by atoms with Gasteiger partial charge in [0, 0.05) is 64.2 Å². The van der Waals surface area contributed by atoms with E-state index in [0.717, 1.165) is 50.6 Å². The Balaban J connectivity index is 1.05. The van der Waals surface area contributed by atoms with Crippen molar-refractivity contribution < 1.29 is 4.42 Å². The molecule has 0 radical (unpaired) electrons. The maximum atomic E-state index is 6.82. The van der Waals surface area contributed by atoms with Crippen molar-refractivity contribution in [1.82, 2.24) is 19.5 Å². The van der Waals surface area contributed by atoms with Gasteiger partial charge in [0.05, 0.1) is 11.6 Å². The molecule has 6 heteroatoms. The van der Waals surface area contributed by atoms with E-state index in [1.54, 1.807) is 0 Å². The fourth-order valence-corrected chi connectivity index (χ4v) is 10.3. The zero-order valence-electron chi connectivity index (χ0n) is 30.6. The molecule has 1 unspecified atom stereocenters. The van der Waals surface area contributed by atoms with Crippen molar-refractivity contribution in [2.75, 3.05) is 0 Å². The Morgan fingerprint density at radius 2 is 1.07 bits per heavy atom. The van der Waals surface area contributed by atoms with Gasteiger partial charge < -0.3 is 8.98 Å². The molecule has 5 nitrogen and oxygen atoms in total. The second-order valence-corrected chi connectivity index (χ2v) is 15.7. The lowest BCUT2D eigenvalue weighted by Gasteiger charge is -2.23. The summed E-state index contributed by atoms with van der Waals surface area (Å²) in [5.41, 5.74) is 10.5. The predicted molar refractivity (Wildman–Crippen MR) is 235 cm³/mol. The molecule has 0 spiro atoms. The van der Waals surface area contributed by atoms with E-state index < -0.39 is 0 Å². The third kappa shape index (κ3) is 4.97. The van der Waals surface area contributed by atoms with Gasteiger partial charge in [-0.05, 0) is 41.8 Å². The lowest BCUT2D eigenvalue weighted by molar-refractivity contribution is 0.637. The topological polar surface area (TPSA) is 56.7 Å². The first-order valence-electron chi connectivity index (χ1n) is 19.3. The van der Waals surface area contributed by atoms with Crippen LogP contribution in [0.25, 0.3) is 105 Å². The first kappa shape index (κ1) is 32.1. The van der Waals surface area contributed by atoms with Crippen molar-refractivity contribution in [3.05, 3.63) is 180 Å². The van der Waals surface area contributed by atoms with Crippen LogP contribution in [-0.4, -0.2) is 19.5 Å².